The van der Waals surface area contributed by atoms with E-state index in [1.165, 1.54) is 0 Å². The highest BCUT2D eigenvalue weighted by atomic mass is 35.5. The Hall–Kier alpha value is -1.71. The third-order valence-corrected chi connectivity index (χ3v) is 3.42. The molecule has 2 N–H and O–H groups in total. The van der Waals surface area contributed by atoms with Crippen LogP contribution in [0.15, 0.2) is 36.4 Å². The van der Waals surface area contributed by atoms with Gasteiger partial charge in [-0.15, -0.1) is 0 Å². The molecule has 0 fully saturated rings. The second-order valence-corrected chi connectivity index (χ2v) is 5.22. The number of hydrogen-bond acceptors (Lipinski definition) is 2. The van der Waals surface area contributed by atoms with Crippen LogP contribution < -0.4 is 10.6 Å². The van der Waals surface area contributed by atoms with E-state index in [9.17, 15) is 4.79 Å². The average molecular weight is 309 g/mol. The summed E-state index contributed by atoms with van der Waals surface area (Å²) in [6.45, 7) is 1.94. The molecule has 5 heteroatoms. The number of anilines is 2. The highest BCUT2D eigenvalue weighted by molar-refractivity contribution is 6.36. The summed E-state index contributed by atoms with van der Waals surface area (Å²) in [6.07, 6.45) is 0. The maximum absolute atomic E-state index is 12.3. The van der Waals surface area contributed by atoms with Crippen molar-refractivity contribution in [3.8, 4) is 0 Å². The quantitative estimate of drug-likeness (QED) is 0.870. The lowest BCUT2D eigenvalue weighted by molar-refractivity contribution is 0.102. The van der Waals surface area contributed by atoms with Gasteiger partial charge in [0.1, 0.15) is 0 Å². The molecule has 0 radical (unpaired) electrons. The third-order valence-electron chi connectivity index (χ3n) is 2.87. The molecule has 0 spiro atoms. The maximum atomic E-state index is 12.3. The van der Waals surface area contributed by atoms with Crippen molar-refractivity contribution in [3.05, 3.63) is 57.6 Å². The molecule has 3 nitrogen and oxygen atoms in total. The largest absolute Gasteiger partial charge is 0.387 e. The lowest BCUT2D eigenvalue weighted by Gasteiger charge is -2.12. The molecule has 0 aromatic heterocycles. The molecular formula is C15H14Cl2N2O. The number of hydrogen-bond donors (Lipinski definition) is 2. The lowest BCUT2D eigenvalue weighted by atomic mass is 10.1. The first-order valence-electron chi connectivity index (χ1n) is 6.06. The van der Waals surface area contributed by atoms with Crippen LogP contribution >= 0.6 is 23.2 Å². The van der Waals surface area contributed by atoms with Gasteiger partial charge in [-0.3, -0.25) is 4.79 Å². The van der Waals surface area contributed by atoms with Crippen molar-refractivity contribution >= 4 is 40.5 Å². The van der Waals surface area contributed by atoms with Gasteiger partial charge < -0.3 is 10.6 Å². The minimum atomic E-state index is -0.220. The lowest BCUT2D eigenvalue weighted by Crippen LogP contribution is -2.14. The van der Waals surface area contributed by atoms with Crippen LogP contribution in [-0.4, -0.2) is 13.0 Å². The Labute approximate surface area is 127 Å². The molecule has 2 rings (SSSR count). The van der Waals surface area contributed by atoms with Gasteiger partial charge in [0.05, 0.1) is 16.3 Å². The Balaban J connectivity index is 2.30. The van der Waals surface area contributed by atoms with E-state index in [0.29, 0.717) is 21.3 Å². The number of nitrogens with one attached hydrogen (secondary N) is 2. The number of carbonyl (C=O) groups excluding carboxylic acids is 1. The van der Waals surface area contributed by atoms with Crippen LogP contribution in [0.5, 0.6) is 0 Å². The number of benzene rings is 2. The van der Waals surface area contributed by atoms with Gasteiger partial charge in [-0.2, -0.15) is 0 Å². The molecule has 20 heavy (non-hydrogen) atoms. The van der Waals surface area contributed by atoms with E-state index in [1.54, 1.807) is 25.2 Å². The number of carbonyl (C=O) groups is 1. The van der Waals surface area contributed by atoms with Crippen LogP contribution in [0.25, 0.3) is 0 Å². The van der Waals surface area contributed by atoms with Crippen LogP contribution in [0, 0.1) is 6.92 Å². The van der Waals surface area contributed by atoms with Crippen molar-refractivity contribution in [2.24, 2.45) is 0 Å². The molecular weight excluding hydrogens is 295 g/mol. The molecule has 0 atom stereocenters. The summed E-state index contributed by atoms with van der Waals surface area (Å²) in [6, 6.07) is 10.6. The molecule has 0 aliphatic rings. The Morgan fingerprint density at radius 3 is 2.40 bits per heavy atom. The van der Waals surface area contributed by atoms with Crippen molar-refractivity contribution < 1.29 is 4.79 Å². The molecule has 0 heterocycles. The van der Waals surface area contributed by atoms with E-state index < -0.39 is 0 Å². The topological polar surface area (TPSA) is 41.1 Å². The van der Waals surface area contributed by atoms with E-state index >= 15 is 0 Å². The van der Waals surface area contributed by atoms with Crippen molar-refractivity contribution in [2.45, 2.75) is 6.92 Å². The minimum absolute atomic E-state index is 0.220. The molecule has 0 saturated carbocycles. The van der Waals surface area contributed by atoms with Crippen molar-refractivity contribution in [1.29, 1.82) is 0 Å². The van der Waals surface area contributed by atoms with Crippen LogP contribution in [0.2, 0.25) is 10.0 Å². The average Bonchev–Trinajstić information content (AvgIpc) is 2.41. The normalized spacial score (nSPS) is 10.2. The SMILES string of the molecule is CNc1ccc(C)cc1C(=O)Nc1ccc(Cl)cc1Cl. The van der Waals surface area contributed by atoms with Gasteiger partial charge in [-0.25, -0.2) is 0 Å². The predicted molar refractivity (Wildman–Crippen MR) is 85.1 cm³/mol. The number of amides is 1. The first-order valence-corrected chi connectivity index (χ1v) is 6.81. The Morgan fingerprint density at radius 2 is 1.75 bits per heavy atom. The molecule has 0 saturated heterocycles. The zero-order valence-corrected chi connectivity index (χ0v) is 12.6. The van der Waals surface area contributed by atoms with Gasteiger partial charge in [-0.1, -0.05) is 34.8 Å². The first-order chi connectivity index (χ1) is 9.51. The van der Waals surface area contributed by atoms with E-state index in [2.05, 4.69) is 10.6 Å². The molecule has 0 aliphatic carbocycles. The molecule has 2 aromatic carbocycles. The zero-order valence-electron chi connectivity index (χ0n) is 11.1. The van der Waals surface area contributed by atoms with E-state index in [1.807, 2.05) is 25.1 Å². The number of rotatable bonds is 3. The van der Waals surface area contributed by atoms with Gasteiger partial charge in [0.2, 0.25) is 0 Å². The van der Waals surface area contributed by atoms with E-state index in [4.69, 9.17) is 23.2 Å². The van der Waals surface area contributed by atoms with Gasteiger partial charge in [0.25, 0.3) is 5.91 Å². The molecule has 0 aliphatic heterocycles. The number of halogens is 2. The standard InChI is InChI=1S/C15H14Cl2N2O/c1-9-3-5-13(18-2)11(7-9)15(20)19-14-6-4-10(16)8-12(14)17/h3-8,18H,1-2H3,(H,19,20). The van der Waals surface area contributed by atoms with Crippen molar-refractivity contribution in [3.63, 3.8) is 0 Å². The van der Waals surface area contributed by atoms with E-state index in [0.717, 1.165) is 11.3 Å². The summed E-state index contributed by atoms with van der Waals surface area (Å²) >= 11 is 11.9. The Bertz CT molecular complexity index is 656. The summed E-state index contributed by atoms with van der Waals surface area (Å²) in [5.41, 5.74) is 2.87. The fourth-order valence-electron chi connectivity index (χ4n) is 1.84. The fourth-order valence-corrected chi connectivity index (χ4v) is 2.30. The molecule has 104 valence electrons. The van der Waals surface area contributed by atoms with Crippen LogP contribution in [-0.2, 0) is 0 Å². The molecule has 2 aromatic rings. The van der Waals surface area contributed by atoms with Crippen molar-refractivity contribution in [2.75, 3.05) is 17.7 Å². The minimum Gasteiger partial charge on any atom is -0.387 e. The Kier molecular flexibility index (Phi) is 4.53. The van der Waals surface area contributed by atoms with Gasteiger partial charge in [0, 0.05) is 17.8 Å². The van der Waals surface area contributed by atoms with Crippen LogP contribution in [0.1, 0.15) is 15.9 Å². The summed E-state index contributed by atoms with van der Waals surface area (Å²) in [5, 5.41) is 6.72. The summed E-state index contributed by atoms with van der Waals surface area (Å²) in [5.74, 6) is -0.220. The van der Waals surface area contributed by atoms with Gasteiger partial charge in [-0.05, 0) is 37.3 Å². The van der Waals surface area contributed by atoms with Crippen LogP contribution in [0.4, 0.5) is 11.4 Å². The number of aryl methyl sites for hydroxylation is 1. The highest BCUT2D eigenvalue weighted by Crippen LogP contribution is 2.26. The summed E-state index contributed by atoms with van der Waals surface area (Å²) in [4.78, 5) is 12.3. The van der Waals surface area contributed by atoms with Crippen molar-refractivity contribution in [1.82, 2.24) is 0 Å². The molecule has 1 amide bonds. The molecule has 0 bridgehead atoms. The second-order valence-electron chi connectivity index (χ2n) is 4.38. The zero-order chi connectivity index (χ0) is 14.7. The predicted octanol–water partition coefficient (Wildman–Crippen LogP) is 4.60. The second kappa shape index (κ2) is 6.16. The fraction of sp³-hybridized carbons (Fsp3) is 0.133. The monoisotopic (exact) mass is 308 g/mol. The maximum Gasteiger partial charge on any atom is 0.257 e. The van der Waals surface area contributed by atoms with E-state index in [-0.39, 0.29) is 5.91 Å². The Morgan fingerprint density at radius 1 is 1.05 bits per heavy atom. The first kappa shape index (κ1) is 14.7. The van der Waals surface area contributed by atoms with Crippen LogP contribution in [0.3, 0.4) is 0 Å². The highest BCUT2D eigenvalue weighted by Gasteiger charge is 2.13. The molecule has 0 unspecified atom stereocenters. The third kappa shape index (κ3) is 3.24. The summed E-state index contributed by atoms with van der Waals surface area (Å²) in [7, 11) is 1.77. The van der Waals surface area contributed by atoms with Gasteiger partial charge in [0.15, 0.2) is 0 Å². The van der Waals surface area contributed by atoms with Gasteiger partial charge >= 0.3 is 0 Å². The summed E-state index contributed by atoms with van der Waals surface area (Å²) < 4.78 is 0. The smallest absolute Gasteiger partial charge is 0.257 e.